The molecule has 0 atom stereocenters. The zero-order chi connectivity index (χ0) is 8.10. The summed E-state index contributed by atoms with van der Waals surface area (Å²) in [6.45, 7) is 5.31. The van der Waals surface area contributed by atoms with Crippen LogP contribution in [0, 0.1) is 0 Å². The van der Waals surface area contributed by atoms with E-state index in [9.17, 15) is 0 Å². The van der Waals surface area contributed by atoms with E-state index < -0.39 is 0 Å². The van der Waals surface area contributed by atoms with Gasteiger partial charge in [0, 0.05) is 20.3 Å². The van der Waals surface area contributed by atoms with Crippen LogP contribution in [0.1, 0.15) is 19.8 Å². The summed E-state index contributed by atoms with van der Waals surface area (Å²) < 4.78 is 5.02. The van der Waals surface area contributed by atoms with Gasteiger partial charge in [0.25, 0.3) is 0 Å². The molecule has 1 aliphatic rings. The molecule has 0 spiro atoms. The van der Waals surface area contributed by atoms with Crippen molar-refractivity contribution in [1.82, 2.24) is 5.32 Å². The fourth-order valence-electron chi connectivity index (χ4n) is 1.36. The fourth-order valence-corrected chi connectivity index (χ4v) is 1.36. The van der Waals surface area contributed by atoms with Gasteiger partial charge in [0.1, 0.15) is 0 Å². The Morgan fingerprint density at radius 2 is 2.45 bits per heavy atom. The van der Waals surface area contributed by atoms with Crippen LogP contribution in [0.2, 0.25) is 0 Å². The van der Waals surface area contributed by atoms with Gasteiger partial charge in [0.05, 0.1) is 0 Å². The van der Waals surface area contributed by atoms with Crippen LogP contribution in [0.4, 0.5) is 0 Å². The second-order valence-electron chi connectivity index (χ2n) is 3.05. The molecular formula is C9H17NO. The van der Waals surface area contributed by atoms with Crippen LogP contribution in [0.5, 0.6) is 0 Å². The van der Waals surface area contributed by atoms with Crippen molar-refractivity contribution in [2.24, 2.45) is 0 Å². The number of ether oxygens (including phenoxy) is 1. The lowest BCUT2D eigenvalue weighted by molar-refractivity contribution is 0.202. The van der Waals surface area contributed by atoms with Crippen molar-refractivity contribution in [3.8, 4) is 0 Å². The Labute approximate surface area is 68.6 Å². The average Bonchev–Trinajstić information content (AvgIpc) is 2.52. The molecule has 11 heavy (non-hydrogen) atoms. The molecule has 0 radical (unpaired) electrons. The Bertz CT molecular complexity index is 144. The highest BCUT2D eigenvalue weighted by Crippen LogP contribution is 2.14. The average molecular weight is 155 g/mol. The SMILES string of the molecule is COCC/C(C)=C1/CCNC1. The molecule has 1 rings (SSSR count). The molecule has 0 aromatic rings. The number of nitrogens with one attached hydrogen (secondary N) is 1. The lowest BCUT2D eigenvalue weighted by Gasteiger charge is -2.03. The van der Waals surface area contributed by atoms with E-state index in [0.29, 0.717) is 0 Å². The standard InChI is InChI=1S/C9H17NO/c1-8(4-6-11-2)9-3-5-10-7-9/h10H,3-7H2,1-2H3/b9-8-. The van der Waals surface area contributed by atoms with Gasteiger partial charge < -0.3 is 10.1 Å². The molecule has 0 aromatic carbocycles. The summed E-state index contributed by atoms with van der Waals surface area (Å²) in [5.41, 5.74) is 3.10. The first-order valence-corrected chi connectivity index (χ1v) is 4.21. The van der Waals surface area contributed by atoms with Crippen molar-refractivity contribution in [1.29, 1.82) is 0 Å². The maximum atomic E-state index is 5.02. The first-order chi connectivity index (χ1) is 5.34. The summed E-state index contributed by atoms with van der Waals surface area (Å²) in [6, 6.07) is 0. The lowest BCUT2D eigenvalue weighted by Crippen LogP contribution is -2.05. The number of hydrogen-bond donors (Lipinski definition) is 1. The summed E-state index contributed by atoms with van der Waals surface area (Å²) in [6.07, 6.45) is 2.32. The molecule has 0 unspecified atom stereocenters. The van der Waals surface area contributed by atoms with Gasteiger partial charge in [0.15, 0.2) is 0 Å². The van der Waals surface area contributed by atoms with Gasteiger partial charge in [-0.25, -0.2) is 0 Å². The molecule has 0 bridgehead atoms. The van der Waals surface area contributed by atoms with E-state index in [1.54, 1.807) is 12.7 Å². The molecule has 1 N–H and O–H groups in total. The van der Waals surface area contributed by atoms with Crippen LogP contribution >= 0.6 is 0 Å². The van der Waals surface area contributed by atoms with E-state index in [1.165, 1.54) is 12.0 Å². The molecule has 0 saturated carbocycles. The van der Waals surface area contributed by atoms with Crippen LogP contribution in [0.25, 0.3) is 0 Å². The van der Waals surface area contributed by atoms with Crippen LogP contribution in [0.15, 0.2) is 11.1 Å². The number of methoxy groups -OCH3 is 1. The van der Waals surface area contributed by atoms with Gasteiger partial charge in [0.2, 0.25) is 0 Å². The van der Waals surface area contributed by atoms with E-state index >= 15 is 0 Å². The topological polar surface area (TPSA) is 21.3 Å². The molecule has 1 heterocycles. The summed E-state index contributed by atoms with van der Waals surface area (Å²) in [7, 11) is 1.75. The van der Waals surface area contributed by atoms with Gasteiger partial charge in [-0.05, 0) is 26.3 Å². The minimum atomic E-state index is 0.856. The fraction of sp³-hybridized carbons (Fsp3) is 0.778. The highest BCUT2D eigenvalue weighted by Gasteiger charge is 2.07. The smallest absolute Gasteiger partial charge is 0.0499 e. The monoisotopic (exact) mass is 155 g/mol. The molecule has 1 saturated heterocycles. The zero-order valence-corrected chi connectivity index (χ0v) is 7.44. The molecule has 0 amide bonds. The largest absolute Gasteiger partial charge is 0.384 e. The van der Waals surface area contributed by atoms with Gasteiger partial charge >= 0.3 is 0 Å². The van der Waals surface area contributed by atoms with Crippen molar-refractivity contribution >= 4 is 0 Å². The number of rotatable bonds is 3. The third-order valence-electron chi connectivity index (χ3n) is 2.23. The van der Waals surface area contributed by atoms with Crippen LogP contribution in [-0.4, -0.2) is 26.8 Å². The molecule has 0 aliphatic carbocycles. The van der Waals surface area contributed by atoms with Gasteiger partial charge in [-0.3, -0.25) is 0 Å². The molecule has 1 fully saturated rings. The molecular weight excluding hydrogens is 138 g/mol. The van der Waals surface area contributed by atoms with Crippen molar-refractivity contribution in [3.05, 3.63) is 11.1 Å². The normalized spacial score (nSPS) is 22.4. The minimum absolute atomic E-state index is 0.856. The predicted molar refractivity (Wildman–Crippen MR) is 46.7 cm³/mol. The highest BCUT2D eigenvalue weighted by molar-refractivity contribution is 5.17. The van der Waals surface area contributed by atoms with Gasteiger partial charge in [-0.1, -0.05) is 11.1 Å². The minimum Gasteiger partial charge on any atom is -0.384 e. The third-order valence-corrected chi connectivity index (χ3v) is 2.23. The maximum absolute atomic E-state index is 5.02. The van der Waals surface area contributed by atoms with Gasteiger partial charge in [-0.2, -0.15) is 0 Å². The maximum Gasteiger partial charge on any atom is 0.0499 e. The second-order valence-corrected chi connectivity index (χ2v) is 3.05. The van der Waals surface area contributed by atoms with Crippen LogP contribution in [-0.2, 0) is 4.74 Å². The second kappa shape index (κ2) is 4.52. The van der Waals surface area contributed by atoms with Crippen molar-refractivity contribution in [2.45, 2.75) is 19.8 Å². The summed E-state index contributed by atoms with van der Waals surface area (Å²) in [5.74, 6) is 0. The van der Waals surface area contributed by atoms with E-state index in [0.717, 1.165) is 26.1 Å². The molecule has 2 nitrogen and oxygen atoms in total. The Morgan fingerprint density at radius 3 is 3.00 bits per heavy atom. The Morgan fingerprint density at radius 1 is 1.64 bits per heavy atom. The molecule has 1 aliphatic heterocycles. The van der Waals surface area contributed by atoms with E-state index in [2.05, 4.69) is 12.2 Å². The molecule has 0 aromatic heterocycles. The van der Waals surface area contributed by atoms with Crippen LogP contribution in [0.3, 0.4) is 0 Å². The Balaban J connectivity index is 2.35. The first-order valence-electron chi connectivity index (χ1n) is 4.21. The van der Waals surface area contributed by atoms with E-state index in [4.69, 9.17) is 4.74 Å². The van der Waals surface area contributed by atoms with Crippen LogP contribution < -0.4 is 5.32 Å². The Kier molecular flexibility index (Phi) is 3.60. The summed E-state index contributed by atoms with van der Waals surface area (Å²) >= 11 is 0. The van der Waals surface area contributed by atoms with Gasteiger partial charge in [-0.15, -0.1) is 0 Å². The zero-order valence-electron chi connectivity index (χ0n) is 7.44. The summed E-state index contributed by atoms with van der Waals surface area (Å²) in [5, 5.41) is 3.33. The highest BCUT2D eigenvalue weighted by atomic mass is 16.5. The van der Waals surface area contributed by atoms with Crippen molar-refractivity contribution in [2.75, 3.05) is 26.8 Å². The molecule has 64 valence electrons. The first kappa shape index (κ1) is 8.75. The Hall–Kier alpha value is -0.340. The third kappa shape index (κ3) is 2.64. The van der Waals surface area contributed by atoms with E-state index in [-0.39, 0.29) is 0 Å². The number of hydrogen-bond acceptors (Lipinski definition) is 2. The van der Waals surface area contributed by atoms with E-state index in [1.807, 2.05) is 0 Å². The lowest BCUT2D eigenvalue weighted by atomic mass is 10.1. The van der Waals surface area contributed by atoms with Crippen molar-refractivity contribution < 1.29 is 4.74 Å². The summed E-state index contributed by atoms with van der Waals surface area (Å²) in [4.78, 5) is 0. The quantitative estimate of drug-likeness (QED) is 0.621. The van der Waals surface area contributed by atoms with Crippen molar-refractivity contribution in [3.63, 3.8) is 0 Å². The predicted octanol–water partition coefficient (Wildman–Crippen LogP) is 1.33. The molecule has 2 heteroatoms.